The Hall–Kier alpha value is -2.08. The van der Waals surface area contributed by atoms with Crippen molar-refractivity contribution in [2.45, 2.75) is 32.3 Å². The molecule has 0 aromatic heterocycles. The summed E-state index contributed by atoms with van der Waals surface area (Å²) < 4.78 is 16.3. The smallest absolute Gasteiger partial charge is 0.189 e. The molecule has 0 saturated carbocycles. The van der Waals surface area contributed by atoms with Gasteiger partial charge in [-0.2, -0.15) is 0 Å². The van der Waals surface area contributed by atoms with Gasteiger partial charge in [-0.1, -0.05) is 38.1 Å². The topological polar surface area (TPSA) is 73.9 Å². The van der Waals surface area contributed by atoms with Gasteiger partial charge in [0.15, 0.2) is 6.79 Å². The van der Waals surface area contributed by atoms with Crippen LogP contribution < -0.4 is 15.2 Å². The number of aliphatic hydroxyl groups is 1. The van der Waals surface area contributed by atoms with Crippen molar-refractivity contribution in [3.63, 3.8) is 0 Å². The van der Waals surface area contributed by atoms with E-state index in [2.05, 4.69) is 26.0 Å². The summed E-state index contributed by atoms with van der Waals surface area (Å²) in [5.74, 6) is 1.51. The standard InChI is InChI=1S/C21H29NO4/c1-4-24-15-26-20-11-7-17(8-12-20)21(2,3)16-5-9-19(10-6-16)25-14-18(23)13-22/h5-12,18,23H,4,13-15,22H2,1-3H3. The first-order valence-corrected chi connectivity index (χ1v) is 8.90. The number of benzene rings is 2. The lowest BCUT2D eigenvalue weighted by Gasteiger charge is -2.26. The quantitative estimate of drug-likeness (QED) is 0.504. The Morgan fingerprint density at radius 2 is 1.42 bits per heavy atom. The summed E-state index contributed by atoms with van der Waals surface area (Å²) in [7, 11) is 0. The maximum absolute atomic E-state index is 9.47. The highest BCUT2D eigenvalue weighted by Crippen LogP contribution is 2.33. The molecule has 5 heteroatoms. The van der Waals surface area contributed by atoms with Gasteiger partial charge in [-0.25, -0.2) is 0 Å². The zero-order valence-corrected chi connectivity index (χ0v) is 15.8. The molecule has 0 bridgehead atoms. The van der Waals surface area contributed by atoms with Crippen molar-refractivity contribution in [3.8, 4) is 11.5 Å². The van der Waals surface area contributed by atoms with Crippen LogP contribution in [-0.4, -0.2) is 37.8 Å². The molecule has 0 radical (unpaired) electrons. The van der Waals surface area contributed by atoms with E-state index in [4.69, 9.17) is 19.9 Å². The molecule has 2 aromatic rings. The zero-order valence-electron chi connectivity index (χ0n) is 15.8. The molecule has 2 rings (SSSR count). The third kappa shape index (κ3) is 5.46. The van der Waals surface area contributed by atoms with E-state index in [-0.39, 0.29) is 25.4 Å². The summed E-state index contributed by atoms with van der Waals surface area (Å²) in [4.78, 5) is 0. The maximum Gasteiger partial charge on any atom is 0.189 e. The normalized spacial score (nSPS) is 12.7. The van der Waals surface area contributed by atoms with Crippen molar-refractivity contribution < 1.29 is 19.3 Å². The minimum atomic E-state index is -0.644. The predicted molar refractivity (Wildman–Crippen MR) is 103 cm³/mol. The van der Waals surface area contributed by atoms with Gasteiger partial charge in [0.2, 0.25) is 0 Å². The van der Waals surface area contributed by atoms with Gasteiger partial charge in [-0.15, -0.1) is 0 Å². The lowest BCUT2D eigenvalue weighted by Crippen LogP contribution is -2.26. The third-order valence-corrected chi connectivity index (χ3v) is 4.38. The number of nitrogens with two attached hydrogens (primary N) is 1. The van der Waals surface area contributed by atoms with Crippen molar-refractivity contribution in [1.29, 1.82) is 0 Å². The fraction of sp³-hybridized carbons (Fsp3) is 0.429. The molecule has 0 spiro atoms. The van der Waals surface area contributed by atoms with Crippen LogP contribution in [0.3, 0.4) is 0 Å². The highest BCUT2D eigenvalue weighted by molar-refractivity contribution is 5.41. The minimum Gasteiger partial charge on any atom is -0.491 e. The Balaban J connectivity index is 2.04. The monoisotopic (exact) mass is 359 g/mol. The summed E-state index contributed by atoms with van der Waals surface area (Å²) in [6.07, 6.45) is -0.644. The lowest BCUT2D eigenvalue weighted by molar-refractivity contribution is 0.0224. The van der Waals surface area contributed by atoms with Gasteiger partial charge in [-0.05, 0) is 42.3 Å². The summed E-state index contributed by atoms with van der Waals surface area (Å²) >= 11 is 0. The van der Waals surface area contributed by atoms with Gasteiger partial charge in [-0.3, -0.25) is 0 Å². The average molecular weight is 359 g/mol. The van der Waals surface area contributed by atoms with Gasteiger partial charge in [0.05, 0.1) is 0 Å². The van der Waals surface area contributed by atoms with Crippen LogP contribution in [0, 0.1) is 0 Å². The number of hydrogen-bond acceptors (Lipinski definition) is 5. The Kier molecular flexibility index (Phi) is 7.45. The van der Waals surface area contributed by atoms with Gasteiger partial charge in [0.1, 0.15) is 24.2 Å². The summed E-state index contributed by atoms with van der Waals surface area (Å²) in [6.45, 7) is 7.58. The van der Waals surface area contributed by atoms with E-state index in [0.29, 0.717) is 6.61 Å². The molecule has 0 fully saturated rings. The number of rotatable bonds is 10. The van der Waals surface area contributed by atoms with Crippen molar-refractivity contribution in [1.82, 2.24) is 0 Å². The van der Waals surface area contributed by atoms with Crippen molar-refractivity contribution in [2.24, 2.45) is 5.73 Å². The molecule has 0 amide bonds. The van der Waals surface area contributed by atoms with Gasteiger partial charge in [0.25, 0.3) is 0 Å². The van der Waals surface area contributed by atoms with E-state index in [1.807, 2.05) is 43.3 Å². The Bertz CT molecular complexity index is 653. The van der Waals surface area contributed by atoms with Crippen LogP contribution in [0.1, 0.15) is 31.9 Å². The molecule has 0 aliphatic rings. The molecule has 1 atom stereocenters. The molecule has 1 unspecified atom stereocenters. The highest BCUT2D eigenvalue weighted by Gasteiger charge is 2.23. The minimum absolute atomic E-state index is 0.159. The lowest BCUT2D eigenvalue weighted by atomic mass is 9.78. The molecule has 0 heterocycles. The first-order valence-electron chi connectivity index (χ1n) is 8.90. The van der Waals surface area contributed by atoms with Gasteiger partial charge >= 0.3 is 0 Å². The molecule has 2 aromatic carbocycles. The highest BCUT2D eigenvalue weighted by atomic mass is 16.7. The summed E-state index contributed by atoms with van der Waals surface area (Å²) in [5, 5.41) is 9.47. The van der Waals surface area contributed by atoms with Crippen LogP contribution in [0.4, 0.5) is 0 Å². The molecule has 0 saturated heterocycles. The summed E-state index contributed by atoms with van der Waals surface area (Å²) in [5.41, 5.74) is 7.58. The first kappa shape index (κ1) is 20.2. The molecule has 0 aliphatic heterocycles. The van der Waals surface area contributed by atoms with Crippen molar-refractivity contribution in [2.75, 3.05) is 26.6 Å². The molecular formula is C21H29NO4. The zero-order chi connectivity index (χ0) is 19.0. The van der Waals surface area contributed by atoms with Crippen LogP contribution >= 0.6 is 0 Å². The van der Waals surface area contributed by atoms with E-state index >= 15 is 0 Å². The van der Waals surface area contributed by atoms with E-state index < -0.39 is 6.10 Å². The SMILES string of the molecule is CCOCOc1ccc(C(C)(C)c2ccc(OCC(O)CN)cc2)cc1. The van der Waals surface area contributed by atoms with Crippen LogP contribution in [0.2, 0.25) is 0 Å². The van der Waals surface area contributed by atoms with E-state index in [1.54, 1.807) is 0 Å². The molecule has 3 N–H and O–H groups in total. The van der Waals surface area contributed by atoms with Crippen molar-refractivity contribution in [3.05, 3.63) is 59.7 Å². The van der Waals surface area contributed by atoms with Crippen molar-refractivity contribution >= 4 is 0 Å². The predicted octanol–water partition coefficient (Wildman–Crippen LogP) is 3.08. The van der Waals surface area contributed by atoms with E-state index in [0.717, 1.165) is 11.5 Å². The fourth-order valence-corrected chi connectivity index (χ4v) is 2.56. The third-order valence-electron chi connectivity index (χ3n) is 4.38. The molecule has 5 nitrogen and oxygen atoms in total. The second-order valence-electron chi connectivity index (χ2n) is 6.63. The van der Waals surface area contributed by atoms with Crippen LogP contribution in [-0.2, 0) is 10.2 Å². The maximum atomic E-state index is 9.47. The van der Waals surface area contributed by atoms with E-state index in [9.17, 15) is 5.11 Å². The second-order valence-corrected chi connectivity index (χ2v) is 6.63. The first-order chi connectivity index (χ1) is 12.5. The number of aliphatic hydroxyl groups excluding tert-OH is 1. The molecular weight excluding hydrogens is 330 g/mol. The van der Waals surface area contributed by atoms with Crippen LogP contribution in [0.15, 0.2) is 48.5 Å². The largest absolute Gasteiger partial charge is 0.491 e. The van der Waals surface area contributed by atoms with Gasteiger partial charge < -0.3 is 25.1 Å². The second kappa shape index (κ2) is 9.57. The Morgan fingerprint density at radius 3 is 1.88 bits per heavy atom. The Morgan fingerprint density at radius 1 is 0.923 bits per heavy atom. The Labute approximate surface area is 155 Å². The molecule has 0 aliphatic carbocycles. The molecule has 26 heavy (non-hydrogen) atoms. The number of hydrogen-bond donors (Lipinski definition) is 2. The molecule has 142 valence electrons. The van der Waals surface area contributed by atoms with Crippen LogP contribution in [0.5, 0.6) is 11.5 Å². The van der Waals surface area contributed by atoms with Crippen LogP contribution in [0.25, 0.3) is 0 Å². The fourth-order valence-electron chi connectivity index (χ4n) is 2.56. The van der Waals surface area contributed by atoms with E-state index in [1.165, 1.54) is 11.1 Å². The summed E-state index contributed by atoms with van der Waals surface area (Å²) in [6, 6.07) is 16.0. The van der Waals surface area contributed by atoms with Gasteiger partial charge in [0, 0.05) is 18.6 Å². The number of ether oxygens (including phenoxy) is 3. The average Bonchev–Trinajstić information content (AvgIpc) is 2.67.